The van der Waals surface area contributed by atoms with Crippen LogP contribution < -0.4 is 0 Å². The highest BCUT2D eigenvalue weighted by molar-refractivity contribution is 9.10. The monoisotopic (exact) mass is 282 g/mol. The van der Waals surface area contributed by atoms with Crippen molar-refractivity contribution in [2.45, 2.75) is 12.8 Å². The van der Waals surface area contributed by atoms with Crippen molar-refractivity contribution in [3.8, 4) is 11.4 Å². The van der Waals surface area contributed by atoms with E-state index in [1.807, 2.05) is 24.3 Å². The summed E-state index contributed by atoms with van der Waals surface area (Å²) in [5.41, 5.74) is 0.904. The number of aliphatic hydroxyl groups excluding tert-OH is 1. The van der Waals surface area contributed by atoms with Gasteiger partial charge in [0.15, 0.2) is 0 Å². The van der Waals surface area contributed by atoms with Crippen LogP contribution in [0.3, 0.4) is 0 Å². The van der Waals surface area contributed by atoms with Gasteiger partial charge < -0.3 is 9.63 Å². The minimum absolute atomic E-state index is 0.132. The third-order valence-corrected chi connectivity index (χ3v) is 2.82. The minimum atomic E-state index is 0.132. The maximum absolute atomic E-state index is 8.70. The van der Waals surface area contributed by atoms with Crippen LogP contribution in [-0.4, -0.2) is 21.9 Å². The Morgan fingerprint density at radius 2 is 2.12 bits per heavy atom. The molecule has 5 heteroatoms. The van der Waals surface area contributed by atoms with Gasteiger partial charge in [0.05, 0.1) is 0 Å². The summed E-state index contributed by atoms with van der Waals surface area (Å²) in [6, 6.07) is 7.70. The van der Waals surface area contributed by atoms with E-state index < -0.39 is 0 Å². The smallest absolute Gasteiger partial charge is 0.227 e. The lowest BCUT2D eigenvalue weighted by Crippen LogP contribution is -1.89. The SMILES string of the molecule is OCCCc1nc(-c2ccccc2Br)no1. The zero-order chi connectivity index (χ0) is 11.4. The summed E-state index contributed by atoms with van der Waals surface area (Å²) in [4.78, 5) is 4.26. The number of rotatable bonds is 4. The summed E-state index contributed by atoms with van der Waals surface area (Å²) < 4.78 is 6.02. The van der Waals surface area contributed by atoms with Crippen LogP contribution in [0.2, 0.25) is 0 Å². The number of aryl methyl sites for hydroxylation is 1. The van der Waals surface area contributed by atoms with Crippen LogP contribution in [0.25, 0.3) is 11.4 Å². The molecule has 0 spiro atoms. The van der Waals surface area contributed by atoms with Gasteiger partial charge in [0, 0.05) is 23.1 Å². The van der Waals surface area contributed by atoms with E-state index in [1.54, 1.807) is 0 Å². The van der Waals surface area contributed by atoms with Crippen molar-refractivity contribution >= 4 is 15.9 Å². The zero-order valence-electron chi connectivity index (χ0n) is 8.56. The third-order valence-electron chi connectivity index (χ3n) is 2.13. The Labute approximate surface area is 101 Å². The second-order valence-electron chi connectivity index (χ2n) is 3.32. The molecule has 0 amide bonds. The largest absolute Gasteiger partial charge is 0.396 e. The third kappa shape index (κ3) is 2.48. The summed E-state index contributed by atoms with van der Waals surface area (Å²) in [6.07, 6.45) is 1.24. The lowest BCUT2D eigenvalue weighted by atomic mass is 10.2. The Morgan fingerprint density at radius 3 is 2.88 bits per heavy atom. The Kier molecular flexibility index (Phi) is 3.69. The Bertz CT molecular complexity index is 471. The van der Waals surface area contributed by atoms with Crippen molar-refractivity contribution < 1.29 is 9.63 Å². The number of benzene rings is 1. The fourth-order valence-corrected chi connectivity index (χ4v) is 1.80. The first-order valence-electron chi connectivity index (χ1n) is 4.99. The van der Waals surface area contributed by atoms with E-state index in [0.29, 0.717) is 24.6 Å². The molecule has 0 radical (unpaired) electrons. The molecule has 0 unspecified atom stereocenters. The van der Waals surface area contributed by atoms with Gasteiger partial charge in [-0.25, -0.2) is 0 Å². The molecule has 4 nitrogen and oxygen atoms in total. The van der Waals surface area contributed by atoms with Gasteiger partial charge in [0.2, 0.25) is 11.7 Å². The quantitative estimate of drug-likeness (QED) is 0.936. The normalized spacial score (nSPS) is 10.6. The average Bonchev–Trinajstić information content (AvgIpc) is 2.75. The molecule has 16 heavy (non-hydrogen) atoms. The summed E-state index contributed by atoms with van der Waals surface area (Å²) in [7, 11) is 0. The van der Waals surface area contributed by atoms with Crippen LogP contribution in [0.1, 0.15) is 12.3 Å². The molecule has 1 aromatic heterocycles. The van der Waals surface area contributed by atoms with E-state index in [4.69, 9.17) is 9.63 Å². The maximum atomic E-state index is 8.70. The second kappa shape index (κ2) is 5.23. The molecule has 0 atom stereocenters. The molecule has 2 aromatic rings. The molecule has 84 valence electrons. The zero-order valence-corrected chi connectivity index (χ0v) is 10.1. The van der Waals surface area contributed by atoms with Crippen LogP contribution in [0.15, 0.2) is 33.3 Å². The fourth-order valence-electron chi connectivity index (χ4n) is 1.34. The molecule has 1 aromatic carbocycles. The average molecular weight is 283 g/mol. The second-order valence-corrected chi connectivity index (χ2v) is 4.17. The number of aliphatic hydroxyl groups is 1. The van der Waals surface area contributed by atoms with Gasteiger partial charge in [0.25, 0.3) is 0 Å². The Morgan fingerprint density at radius 1 is 1.31 bits per heavy atom. The summed E-state index contributed by atoms with van der Waals surface area (Å²) >= 11 is 3.43. The van der Waals surface area contributed by atoms with E-state index >= 15 is 0 Å². The van der Waals surface area contributed by atoms with Crippen LogP contribution in [0.5, 0.6) is 0 Å². The number of aromatic nitrogens is 2. The van der Waals surface area contributed by atoms with E-state index in [-0.39, 0.29) is 6.61 Å². The molecule has 1 N–H and O–H groups in total. The number of hydrogen-bond acceptors (Lipinski definition) is 4. The fraction of sp³-hybridized carbons (Fsp3) is 0.273. The van der Waals surface area contributed by atoms with E-state index in [0.717, 1.165) is 10.0 Å². The first-order valence-corrected chi connectivity index (χ1v) is 5.79. The number of nitrogens with zero attached hydrogens (tertiary/aromatic N) is 2. The Balaban J connectivity index is 2.22. The molecule has 0 fully saturated rings. The Hall–Kier alpha value is -1.20. The first kappa shape index (κ1) is 11.3. The lowest BCUT2D eigenvalue weighted by molar-refractivity contribution is 0.278. The van der Waals surface area contributed by atoms with Gasteiger partial charge in [-0.1, -0.05) is 33.2 Å². The van der Waals surface area contributed by atoms with Crippen LogP contribution >= 0.6 is 15.9 Å². The van der Waals surface area contributed by atoms with Gasteiger partial charge in [-0.05, 0) is 18.6 Å². The summed E-state index contributed by atoms with van der Waals surface area (Å²) in [5.74, 6) is 1.13. The van der Waals surface area contributed by atoms with Gasteiger partial charge in [-0.2, -0.15) is 4.98 Å². The minimum Gasteiger partial charge on any atom is -0.396 e. The van der Waals surface area contributed by atoms with Crippen molar-refractivity contribution in [1.82, 2.24) is 10.1 Å². The topological polar surface area (TPSA) is 59.2 Å². The predicted molar refractivity (Wildman–Crippen MR) is 62.8 cm³/mol. The van der Waals surface area contributed by atoms with Gasteiger partial charge >= 0.3 is 0 Å². The van der Waals surface area contributed by atoms with Gasteiger partial charge in [-0.3, -0.25) is 0 Å². The predicted octanol–water partition coefficient (Wildman–Crippen LogP) is 2.42. The first-order chi connectivity index (χ1) is 7.81. The van der Waals surface area contributed by atoms with Crippen LogP contribution in [-0.2, 0) is 6.42 Å². The van der Waals surface area contributed by atoms with Gasteiger partial charge in [-0.15, -0.1) is 0 Å². The molecule has 0 saturated carbocycles. The number of hydrogen-bond donors (Lipinski definition) is 1. The maximum Gasteiger partial charge on any atom is 0.227 e. The van der Waals surface area contributed by atoms with Crippen molar-refractivity contribution in [2.75, 3.05) is 6.61 Å². The molecule has 0 aliphatic heterocycles. The number of halogens is 1. The van der Waals surface area contributed by atoms with Crippen molar-refractivity contribution in [3.05, 3.63) is 34.6 Å². The molecule has 0 aliphatic carbocycles. The highest BCUT2D eigenvalue weighted by atomic mass is 79.9. The van der Waals surface area contributed by atoms with E-state index in [2.05, 4.69) is 26.1 Å². The van der Waals surface area contributed by atoms with Crippen LogP contribution in [0, 0.1) is 0 Å². The van der Waals surface area contributed by atoms with E-state index in [1.165, 1.54) is 0 Å². The molecule has 0 bridgehead atoms. The molecular weight excluding hydrogens is 272 g/mol. The highest BCUT2D eigenvalue weighted by Crippen LogP contribution is 2.25. The van der Waals surface area contributed by atoms with E-state index in [9.17, 15) is 0 Å². The lowest BCUT2D eigenvalue weighted by Gasteiger charge is -1.96. The molecule has 1 heterocycles. The molecule has 2 rings (SSSR count). The van der Waals surface area contributed by atoms with Gasteiger partial charge in [0.1, 0.15) is 0 Å². The molecular formula is C11H11BrN2O2. The summed E-state index contributed by atoms with van der Waals surface area (Å²) in [5, 5.41) is 12.6. The standard InChI is InChI=1S/C11H11BrN2O2/c12-9-5-2-1-4-8(9)11-13-10(16-14-11)6-3-7-15/h1-2,4-5,15H,3,6-7H2. The molecule has 0 aliphatic rings. The molecule has 0 saturated heterocycles. The van der Waals surface area contributed by atoms with Crippen molar-refractivity contribution in [3.63, 3.8) is 0 Å². The van der Waals surface area contributed by atoms with Crippen LogP contribution in [0.4, 0.5) is 0 Å². The van der Waals surface area contributed by atoms with Crippen molar-refractivity contribution in [1.29, 1.82) is 0 Å². The van der Waals surface area contributed by atoms with Crippen molar-refractivity contribution in [2.24, 2.45) is 0 Å². The highest BCUT2D eigenvalue weighted by Gasteiger charge is 2.10. The summed E-state index contributed by atoms with van der Waals surface area (Å²) in [6.45, 7) is 0.132.